The molecule has 14 heavy (non-hydrogen) atoms. The predicted octanol–water partition coefficient (Wildman–Crippen LogP) is 1.26. The highest BCUT2D eigenvalue weighted by molar-refractivity contribution is 5.22. The van der Waals surface area contributed by atoms with Crippen LogP contribution in [-0.2, 0) is 6.42 Å². The molecule has 1 aromatic carbocycles. The van der Waals surface area contributed by atoms with E-state index in [1.54, 1.807) is 0 Å². The third-order valence-electron chi connectivity index (χ3n) is 2.89. The van der Waals surface area contributed by atoms with Crippen molar-refractivity contribution in [1.29, 1.82) is 0 Å². The number of aryl methyl sites for hydroxylation is 1. The number of hydrogen-bond donors (Lipinski definition) is 2. The molecule has 2 heteroatoms. The fourth-order valence-corrected chi connectivity index (χ4v) is 1.94. The molecule has 0 aliphatic carbocycles. The van der Waals surface area contributed by atoms with Crippen molar-refractivity contribution in [3.63, 3.8) is 0 Å². The maximum atomic E-state index is 9.64. The van der Waals surface area contributed by atoms with Gasteiger partial charge in [-0.25, -0.2) is 0 Å². The maximum Gasteiger partial charge on any atom is 0.0708 e. The van der Waals surface area contributed by atoms with Gasteiger partial charge in [-0.05, 0) is 31.9 Å². The van der Waals surface area contributed by atoms with Crippen molar-refractivity contribution < 1.29 is 5.11 Å². The molecule has 2 N–H and O–H groups in total. The van der Waals surface area contributed by atoms with Gasteiger partial charge in [0.15, 0.2) is 0 Å². The lowest BCUT2D eigenvalue weighted by atomic mass is 10.0. The second kappa shape index (κ2) is 4.11. The van der Waals surface area contributed by atoms with E-state index in [4.69, 9.17) is 0 Å². The molecule has 1 fully saturated rings. The average Bonchev–Trinajstić information content (AvgIpc) is 2.56. The largest absolute Gasteiger partial charge is 0.391 e. The smallest absolute Gasteiger partial charge is 0.0708 e. The molecule has 0 aromatic heterocycles. The second-order valence-electron chi connectivity index (χ2n) is 4.11. The van der Waals surface area contributed by atoms with Gasteiger partial charge in [0.2, 0.25) is 0 Å². The van der Waals surface area contributed by atoms with Crippen LogP contribution in [-0.4, -0.2) is 23.8 Å². The van der Waals surface area contributed by atoms with E-state index in [0.29, 0.717) is 0 Å². The van der Waals surface area contributed by atoms with Gasteiger partial charge in [-0.2, -0.15) is 0 Å². The minimum atomic E-state index is -0.170. The van der Waals surface area contributed by atoms with Crippen LogP contribution in [0.25, 0.3) is 0 Å². The van der Waals surface area contributed by atoms with Gasteiger partial charge in [-0.1, -0.05) is 29.8 Å². The standard InChI is InChI=1S/C12H17NO/c1-9-2-4-10(5-3-9)8-11-12(14)6-7-13-11/h2-5,11-14H,6-8H2,1H3. The molecular weight excluding hydrogens is 174 g/mol. The Morgan fingerprint density at radius 3 is 2.64 bits per heavy atom. The Labute approximate surface area is 85.0 Å². The first-order valence-corrected chi connectivity index (χ1v) is 5.23. The summed E-state index contributed by atoms with van der Waals surface area (Å²) < 4.78 is 0. The highest BCUT2D eigenvalue weighted by atomic mass is 16.3. The molecule has 1 aromatic rings. The van der Waals surface area contributed by atoms with Crippen LogP contribution in [0.2, 0.25) is 0 Å². The van der Waals surface area contributed by atoms with Gasteiger partial charge in [0.05, 0.1) is 6.10 Å². The summed E-state index contributed by atoms with van der Waals surface area (Å²) in [6.45, 7) is 3.03. The minimum Gasteiger partial charge on any atom is -0.391 e. The summed E-state index contributed by atoms with van der Waals surface area (Å²) in [6.07, 6.45) is 1.65. The zero-order chi connectivity index (χ0) is 9.97. The Hall–Kier alpha value is -0.860. The van der Waals surface area contributed by atoms with Gasteiger partial charge in [-0.15, -0.1) is 0 Å². The number of benzene rings is 1. The van der Waals surface area contributed by atoms with E-state index < -0.39 is 0 Å². The average molecular weight is 191 g/mol. The van der Waals surface area contributed by atoms with Gasteiger partial charge in [0.25, 0.3) is 0 Å². The van der Waals surface area contributed by atoms with E-state index in [-0.39, 0.29) is 12.1 Å². The fourth-order valence-electron chi connectivity index (χ4n) is 1.94. The number of aliphatic hydroxyl groups is 1. The van der Waals surface area contributed by atoms with E-state index in [1.807, 2.05) is 0 Å². The van der Waals surface area contributed by atoms with E-state index in [9.17, 15) is 5.11 Å². The molecule has 0 spiro atoms. The van der Waals surface area contributed by atoms with Crippen LogP contribution in [0.1, 0.15) is 17.5 Å². The zero-order valence-corrected chi connectivity index (χ0v) is 8.53. The quantitative estimate of drug-likeness (QED) is 0.737. The molecule has 0 bridgehead atoms. The van der Waals surface area contributed by atoms with Crippen molar-refractivity contribution in [2.24, 2.45) is 0 Å². The van der Waals surface area contributed by atoms with Gasteiger partial charge in [0.1, 0.15) is 0 Å². The summed E-state index contributed by atoms with van der Waals surface area (Å²) >= 11 is 0. The maximum absolute atomic E-state index is 9.64. The van der Waals surface area contributed by atoms with Crippen molar-refractivity contribution >= 4 is 0 Å². The van der Waals surface area contributed by atoms with Crippen molar-refractivity contribution in [3.8, 4) is 0 Å². The third kappa shape index (κ3) is 2.14. The SMILES string of the molecule is Cc1ccc(CC2NCCC2O)cc1. The third-order valence-corrected chi connectivity index (χ3v) is 2.89. The number of rotatable bonds is 2. The van der Waals surface area contributed by atoms with E-state index in [0.717, 1.165) is 19.4 Å². The molecule has 0 saturated carbocycles. The van der Waals surface area contributed by atoms with Crippen LogP contribution in [0.3, 0.4) is 0 Å². The molecule has 1 aliphatic rings. The Bertz CT molecular complexity index is 294. The van der Waals surface area contributed by atoms with Crippen molar-refractivity contribution in [2.75, 3.05) is 6.54 Å². The van der Waals surface area contributed by atoms with Crippen LogP contribution >= 0.6 is 0 Å². The van der Waals surface area contributed by atoms with Gasteiger partial charge >= 0.3 is 0 Å². The van der Waals surface area contributed by atoms with Crippen molar-refractivity contribution in [3.05, 3.63) is 35.4 Å². The monoisotopic (exact) mass is 191 g/mol. The molecule has 1 saturated heterocycles. The van der Waals surface area contributed by atoms with Gasteiger partial charge in [-0.3, -0.25) is 0 Å². The summed E-state index contributed by atoms with van der Waals surface area (Å²) in [6, 6.07) is 8.77. The topological polar surface area (TPSA) is 32.3 Å². The molecule has 2 nitrogen and oxygen atoms in total. The molecule has 2 rings (SSSR count). The van der Waals surface area contributed by atoms with E-state index >= 15 is 0 Å². The predicted molar refractivity (Wildman–Crippen MR) is 57.3 cm³/mol. The van der Waals surface area contributed by atoms with Crippen molar-refractivity contribution in [2.45, 2.75) is 31.9 Å². The minimum absolute atomic E-state index is 0.170. The van der Waals surface area contributed by atoms with Crippen LogP contribution in [0.4, 0.5) is 0 Å². The molecule has 0 radical (unpaired) electrons. The molecule has 1 heterocycles. The lowest BCUT2D eigenvalue weighted by Gasteiger charge is -2.14. The molecule has 2 unspecified atom stereocenters. The van der Waals surface area contributed by atoms with E-state index in [2.05, 4.69) is 36.5 Å². The first-order valence-electron chi connectivity index (χ1n) is 5.23. The summed E-state index contributed by atoms with van der Waals surface area (Å²) in [7, 11) is 0. The fraction of sp³-hybridized carbons (Fsp3) is 0.500. The molecule has 0 amide bonds. The number of hydrogen-bond acceptors (Lipinski definition) is 2. The normalized spacial score (nSPS) is 26.7. The van der Waals surface area contributed by atoms with Crippen LogP contribution in [0.15, 0.2) is 24.3 Å². The zero-order valence-electron chi connectivity index (χ0n) is 8.53. The van der Waals surface area contributed by atoms with Gasteiger partial charge < -0.3 is 10.4 Å². The summed E-state index contributed by atoms with van der Waals surface area (Å²) in [5, 5.41) is 13.0. The highest BCUT2D eigenvalue weighted by Gasteiger charge is 2.24. The Morgan fingerprint density at radius 1 is 1.36 bits per heavy atom. The Morgan fingerprint density at radius 2 is 2.07 bits per heavy atom. The van der Waals surface area contributed by atoms with Crippen LogP contribution < -0.4 is 5.32 Å². The Balaban J connectivity index is 2.00. The van der Waals surface area contributed by atoms with E-state index in [1.165, 1.54) is 11.1 Å². The second-order valence-corrected chi connectivity index (χ2v) is 4.11. The van der Waals surface area contributed by atoms with Crippen molar-refractivity contribution in [1.82, 2.24) is 5.32 Å². The number of aliphatic hydroxyl groups excluding tert-OH is 1. The molecule has 1 aliphatic heterocycles. The molecular formula is C12H17NO. The molecule has 2 atom stereocenters. The van der Waals surface area contributed by atoms with Crippen LogP contribution in [0, 0.1) is 6.92 Å². The highest BCUT2D eigenvalue weighted by Crippen LogP contribution is 2.13. The lowest BCUT2D eigenvalue weighted by molar-refractivity contribution is 0.159. The van der Waals surface area contributed by atoms with Crippen LogP contribution in [0.5, 0.6) is 0 Å². The lowest BCUT2D eigenvalue weighted by Crippen LogP contribution is -2.32. The first-order chi connectivity index (χ1) is 6.75. The van der Waals surface area contributed by atoms with Gasteiger partial charge in [0, 0.05) is 6.04 Å². The Kier molecular flexibility index (Phi) is 2.85. The summed E-state index contributed by atoms with van der Waals surface area (Å²) in [5.74, 6) is 0. The first kappa shape index (κ1) is 9.69. The molecule has 76 valence electrons. The summed E-state index contributed by atoms with van der Waals surface area (Å²) in [4.78, 5) is 0. The number of nitrogens with one attached hydrogen (secondary N) is 1. The summed E-state index contributed by atoms with van der Waals surface area (Å²) in [5.41, 5.74) is 2.59.